The molecule has 0 rings (SSSR count). The minimum Gasteiger partial charge on any atom is -0.449 e. The Kier molecular flexibility index (Phi) is 5.06. The van der Waals surface area contributed by atoms with Gasteiger partial charge in [0.05, 0.1) is 6.61 Å². The summed E-state index contributed by atoms with van der Waals surface area (Å²) in [5, 5.41) is -1.22. The summed E-state index contributed by atoms with van der Waals surface area (Å²) in [7, 11) is -3.47. The summed E-state index contributed by atoms with van der Waals surface area (Å²) in [6.07, 6.45) is 0.0910. The van der Waals surface area contributed by atoms with Crippen LogP contribution in [0.1, 0.15) is 13.8 Å². The fraction of sp³-hybridized carbons (Fsp3) is 0.714. The van der Waals surface area contributed by atoms with E-state index in [-0.39, 0.29) is 6.61 Å². The van der Waals surface area contributed by atoms with Crippen molar-refractivity contribution in [2.75, 3.05) is 12.9 Å². The molecule has 1 atom stereocenters. The Morgan fingerprint density at radius 2 is 1.87 bits per heavy atom. The average Bonchev–Trinajstić information content (AvgIpc) is 2.12. The van der Waals surface area contributed by atoms with E-state index in [0.29, 0.717) is 0 Å². The topological polar surface area (TPSA) is 102 Å². The zero-order chi connectivity index (χ0) is 12.1. The van der Waals surface area contributed by atoms with Gasteiger partial charge in [0, 0.05) is 6.26 Å². The Labute approximate surface area is 88.1 Å². The second-order valence-corrected chi connectivity index (χ2v) is 5.17. The first-order chi connectivity index (χ1) is 6.79. The lowest BCUT2D eigenvalue weighted by Gasteiger charge is -2.10. The summed E-state index contributed by atoms with van der Waals surface area (Å²) in [6.45, 7) is 2.97. The van der Waals surface area contributed by atoms with Crippen LogP contribution in [0.2, 0.25) is 0 Å². The fourth-order valence-corrected chi connectivity index (χ4v) is 1.02. The van der Waals surface area contributed by atoms with Crippen LogP contribution >= 0.6 is 0 Å². The van der Waals surface area contributed by atoms with E-state index < -0.39 is 27.1 Å². The smallest absolute Gasteiger partial charge is 0.426 e. The molecule has 0 bridgehead atoms. The number of hydrogen-bond donors (Lipinski definition) is 2. The lowest BCUT2D eigenvalue weighted by molar-refractivity contribution is -0.121. The third-order valence-corrected chi connectivity index (χ3v) is 3.07. The van der Waals surface area contributed by atoms with Crippen LogP contribution in [0.3, 0.4) is 0 Å². The first-order valence-corrected chi connectivity index (χ1v) is 6.16. The maximum Gasteiger partial charge on any atom is 0.426 e. The van der Waals surface area contributed by atoms with E-state index in [1.807, 2.05) is 10.9 Å². The maximum absolute atomic E-state index is 11.1. The molecule has 0 aliphatic heterocycles. The third kappa shape index (κ3) is 5.21. The van der Waals surface area contributed by atoms with Gasteiger partial charge in [-0.05, 0) is 13.8 Å². The van der Waals surface area contributed by atoms with Crippen LogP contribution in [0.15, 0.2) is 0 Å². The van der Waals surface area contributed by atoms with Crippen LogP contribution in [0.25, 0.3) is 0 Å². The molecular weight excluding hydrogens is 224 g/mol. The van der Waals surface area contributed by atoms with Gasteiger partial charge in [0.2, 0.25) is 0 Å². The number of rotatable bonds is 3. The third-order valence-electron chi connectivity index (χ3n) is 1.57. The van der Waals surface area contributed by atoms with E-state index in [4.69, 9.17) is 0 Å². The molecule has 0 saturated carbocycles. The fourth-order valence-electron chi connectivity index (χ4n) is 0.576. The molecule has 0 aromatic heterocycles. The number of hydrazine groups is 1. The van der Waals surface area contributed by atoms with E-state index in [1.165, 1.54) is 6.92 Å². The Bertz CT molecular complexity index is 337. The predicted octanol–water partition coefficient (Wildman–Crippen LogP) is -0.803. The Morgan fingerprint density at radius 3 is 2.27 bits per heavy atom. The van der Waals surface area contributed by atoms with Crippen molar-refractivity contribution in [2.45, 2.75) is 19.1 Å². The number of nitrogens with one attached hydrogen (secondary N) is 2. The molecule has 0 aliphatic rings. The molecule has 0 radical (unpaired) electrons. The van der Waals surface area contributed by atoms with Crippen LogP contribution in [0, 0.1) is 0 Å². The first kappa shape index (κ1) is 13.7. The quantitative estimate of drug-likeness (QED) is 0.626. The van der Waals surface area contributed by atoms with Gasteiger partial charge in [-0.15, -0.1) is 0 Å². The molecular formula is C7H14N2O5S. The lowest BCUT2D eigenvalue weighted by atomic mass is 10.5. The van der Waals surface area contributed by atoms with Gasteiger partial charge < -0.3 is 4.74 Å². The molecule has 0 aliphatic carbocycles. The van der Waals surface area contributed by atoms with Gasteiger partial charge in [0.25, 0.3) is 5.91 Å². The highest BCUT2D eigenvalue weighted by atomic mass is 32.2. The standard InChI is InChI=1S/C7H14N2O5S/c1-4-14-7(11)9-8-6(10)5(2)15(3,12)13/h5H,4H2,1-3H3,(H,8,10)(H,9,11). The summed E-state index contributed by atoms with van der Waals surface area (Å²) < 4.78 is 26.3. The van der Waals surface area contributed by atoms with Gasteiger partial charge in [-0.2, -0.15) is 0 Å². The molecule has 2 amide bonds. The molecule has 1 unspecified atom stereocenters. The summed E-state index contributed by atoms with van der Waals surface area (Å²) >= 11 is 0. The van der Waals surface area contributed by atoms with Crippen molar-refractivity contribution >= 4 is 21.8 Å². The number of ether oxygens (including phenoxy) is 1. The van der Waals surface area contributed by atoms with Gasteiger partial charge in [0.15, 0.2) is 9.84 Å². The molecule has 2 N–H and O–H groups in total. The van der Waals surface area contributed by atoms with Gasteiger partial charge in [-0.3, -0.25) is 10.2 Å². The summed E-state index contributed by atoms with van der Waals surface area (Å²) in [5.41, 5.74) is 3.84. The normalized spacial score (nSPS) is 12.7. The molecule has 0 fully saturated rings. The Balaban J connectivity index is 4.11. The largest absolute Gasteiger partial charge is 0.449 e. The molecule has 8 heteroatoms. The molecule has 88 valence electrons. The van der Waals surface area contributed by atoms with E-state index in [9.17, 15) is 18.0 Å². The first-order valence-electron chi connectivity index (χ1n) is 4.20. The van der Waals surface area contributed by atoms with Crippen LogP contribution in [0.4, 0.5) is 4.79 Å². The van der Waals surface area contributed by atoms with Crippen molar-refractivity contribution in [1.29, 1.82) is 0 Å². The van der Waals surface area contributed by atoms with E-state index in [1.54, 1.807) is 6.92 Å². The van der Waals surface area contributed by atoms with Crippen molar-refractivity contribution in [1.82, 2.24) is 10.9 Å². The van der Waals surface area contributed by atoms with Crippen molar-refractivity contribution < 1.29 is 22.7 Å². The zero-order valence-corrected chi connectivity index (χ0v) is 9.55. The van der Waals surface area contributed by atoms with Crippen LogP contribution in [0.5, 0.6) is 0 Å². The Hall–Kier alpha value is -1.31. The summed E-state index contributed by atoms with van der Waals surface area (Å²) in [4.78, 5) is 21.9. The van der Waals surface area contributed by atoms with E-state index in [2.05, 4.69) is 4.74 Å². The monoisotopic (exact) mass is 238 g/mol. The van der Waals surface area contributed by atoms with Crippen LogP contribution in [-0.4, -0.2) is 38.5 Å². The molecule has 0 aromatic rings. The maximum atomic E-state index is 11.1. The van der Waals surface area contributed by atoms with Crippen LogP contribution < -0.4 is 10.9 Å². The number of sulfone groups is 1. The average molecular weight is 238 g/mol. The molecule has 0 spiro atoms. The number of carbonyl (C=O) groups excluding carboxylic acids is 2. The second-order valence-electron chi connectivity index (χ2n) is 2.81. The van der Waals surface area contributed by atoms with Gasteiger partial charge in [0.1, 0.15) is 5.25 Å². The minimum atomic E-state index is -3.47. The van der Waals surface area contributed by atoms with Crippen molar-refractivity contribution in [2.24, 2.45) is 0 Å². The van der Waals surface area contributed by atoms with E-state index >= 15 is 0 Å². The Morgan fingerprint density at radius 1 is 1.33 bits per heavy atom. The highest BCUT2D eigenvalue weighted by Crippen LogP contribution is 1.96. The number of carbonyl (C=O) groups is 2. The van der Waals surface area contributed by atoms with Crippen LogP contribution in [-0.2, 0) is 19.4 Å². The predicted molar refractivity (Wildman–Crippen MR) is 52.6 cm³/mol. The minimum absolute atomic E-state index is 0.156. The zero-order valence-electron chi connectivity index (χ0n) is 8.73. The second kappa shape index (κ2) is 5.54. The highest BCUT2D eigenvalue weighted by Gasteiger charge is 2.23. The lowest BCUT2D eigenvalue weighted by Crippen LogP contribution is -2.47. The SMILES string of the molecule is CCOC(=O)NNC(=O)C(C)S(C)(=O)=O. The summed E-state index contributed by atoms with van der Waals surface area (Å²) in [6, 6.07) is 0. The molecule has 15 heavy (non-hydrogen) atoms. The van der Waals surface area contributed by atoms with Gasteiger partial charge in [-0.25, -0.2) is 18.6 Å². The van der Waals surface area contributed by atoms with Crippen molar-refractivity contribution in [3.05, 3.63) is 0 Å². The molecule has 7 nitrogen and oxygen atoms in total. The molecule has 0 aromatic carbocycles. The number of amides is 2. The number of hydrogen-bond acceptors (Lipinski definition) is 5. The highest BCUT2D eigenvalue weighted by molar-refractivity contribution is 7.92. The van der Waals surface area contributed by atoms with Crippen molar-refractivity contribution in [3.8, 4) is 0 Å². The van der Waals surface area contributed by atoms with E-state index in [0.717, 1.165) is 6.26 Å². The van der Waals surface area contributed by atoms with Gasteiger partial charge in [-0.1, -0.05) is 0 Å². The summed E-state index contributed by atoms with van der Waals surface area (Å²) in [5.74, 6) is -0.814. The molecule has 0 heterocycles. The van der Waals surface area contributed by atoms with Crippen molar-refractivity contribution in [3.63, 3.8) is 0 Å². The molecule has 0 saturated heterocycles. The van der Waals surface area contributed by atoms with Gasteiger partial charge >= 0.3 is 6.09 Å².